The third kappa shape index (κ3) is 11.4. The maximum Gasteiger partial charge on any atom is 0.243 e. The van der Waals surface area contributed by atoms with E-state index in [1.165, 1.54) is 0 Å². The van der Waals surface area contributed by atoms with Gasteiger partial charge in [-0.25, -0.2) is 0 Å². The summed E-state index contributed by atoms with van der Waals surface area (Å²) < 4.78 is 0. The van der Waals surface area contributed by atoms with Crippen LogP contribution >= 0.6 is 0 Å². The van der Waals surface area contributed by atoms with E-state index in [0.717, 1.165) is 27.8 Å². The highest BCUT2D eigenvalue weighted by Gasteiger charge is 2.28. The molecule has 4 aromatic carbocycles. The lowest BCUT2D eigenvalue weighted by Gasteiger charge is -2.24. The van der Waals surface area contributed by atoms with E-state index in [4.69, 9.17) is 5.73 Å². The van der Waals surface area contributed by atoms with Crippen molar-refractivity contribution in [3.8, 4) is 0 Å². The van der Waals surface area contributed by atoms with Gasteiger partial charge in [0.15, 0.2) is 0 Å². The summed E-state index contributed by atoms with van der Waals surface area (Å²) in [5, 5.41) is 8.85. The molecular weight excluding hydrogens is 560 g/mol. The Bertz CT molecular complexity index is 1480. The highest BCUT2D eigenvalue weighted by atomic mass is 16.2. The zero-order valence-corrected chi connectivity index (χ0v) is 26.0. The Morgan fingerprint density at radius 1 is 0.533 bits per heavy atom. The van der Waals surface area contributed by atoms with Crippen molar-refractivity contribution in [3.63, 3.8) is 0 Å². The third-order valence-electron chi connectivity index (χ3n) is 7.91. The molecule has 4 rings (SSSR count). The molecule has 234 valence electrons. The SMILES string of the molecule is Cc1ccc(CNC(=O)[C@H](CCc2ccccc2)NC(=O)[C@H](CCc2ccccc2)NC(=O)[C@@H](N)CCc2ccccc2)cc1. The molecule has 0 spiro atoms. The van der Waals surface area contributed by atoms with Crippen LogP contribution in [0, 0.1) is 6.92 Å². The molecule has 0 heterocycles. The largest absolute Gasteiger partial charge is 0.350 e. The summed E-state index contributed by atoms with van der Waals surface area (Å²) in [6.07, 6.45) is 3.06. The quantitative estimate of drug-likeness (QED) is 0.147. The van der Waals surface area contributed by atoms with Crippen molar-refractivity contribution in [3.05, 3.63) is 143 Å². The minimum Gasteiger partial charge on any atom is -0.350 e. The fourth-order valence-corrected chi connectivity index (χ4v) is 5.12. The van der Waals surface area contributed by atoms with Gasteiger partial charge in [0.05, 0.1) is 6.04 Å². The normalized spacial score (nSPS) is 12.8. The molecule has 3 amide bonds. The van der Waals surface area contributed by atoms with Gasteiger partial charge in [0, 0.05) is 6.54 Å². The maximum absolute atomic E-state index is 13.8. The van der Waals surface area contributed by atoms with Crippen LogP contribution in [0.1, 0.15) is 47.1 Å². The maximum atomic E-state index is 13.8. The molecule has 3 atom stereocenters. The smallest absolute Gasteiger partial charge is 0.243 e. The van der Waals surface area contributed by atoms with Crippen molar-refractivity contribution >= 4 is 17.7 Å². The second kappa shape index (κ2) is 17.5. The standard InChI is InChI=1S/C38H44N4O3/c1-28-17-19-32(20-18-28)27-40-37(44)34(25-22-30-13-7-3-8-14-30)42-38(45)35(26-23-31-15-9-4-10-16-31)41-36(43)33(39)24-21-29-11-5-2-6-12-29/h2-20,33-35H,21-27,39H2,1H3,(H,40,44)(H,41,43)(H,42,45)/t33-,34-,35-/m0/s1. The number of hydrogen-bond acceptors (Lipinski definition) is 4. The number of carbonyl (C=O) groups excluding carboxylic acids is 3. The van der Waals surface area contributed by atoms with Crippen molar-refractivity contribution in [2.24, 2.45) is 5.73 Å². The van der Waals surface area contributed by atoms with Crippen LogP contribution in [0.25, 0.3) is 0 Å². The van der Waals surface area contributed by atoms with Crippen LogP contribution in [0.2, 0.25) is 0 Å². The third-order valence-corrected chi connectivity index (χ3v) is 7.91. The molecule has 0 radical (unpaired) electrons. The van der Waals surface area contributed by atoms with Gasteiger partial charge in [0.25, 0.3) is 0 Å². The first-order valence-corrected chi connectivity index (χ1v) is 15.7. The fourth-order valence-electron chi connectivity index (χ4n) is 5.12. The summed E-state index contributed by atoms with van der Waals surface area (Å²) in [6, 6.07) is 35.1. The Kier molecular flexibility index (Phi) is 12.9. The topological polar surface area (TPSA) is 113 Å². The van der Waals surface area contributed by atoms with Crippen LogP contribution in [0.3, 0.4) is 0 Å². The predicted molar refractivity (Wildman–Crippen MR) is 179 cm³/mol. The van der Waals surface area contributed by atoms with Gasteiger partial charge in [-0.05, 0) is 67.7 Å². The number of carbonyl (C=O) groups is 3. The van der Waals surface area contributed by atoms with E-state index in [-0.39, 0.29) is 11.8 Å². The molecule has 7 heteroatoms. The first-order valence-electron chi connectivity index (χ1n) is 15.7. The van der Waals surface area contributed by atoms with Gasteiger partial charge in [-0.2, -0.15) is 0 Å². The molecule has 4 aromatic rings. The zero-order valence-electron chi connectivity index (χ0n) is 26.0. The first kappa shape index (κ1) is 33.1. The Morgan fingerprint density at radius 3 is 1.44 bits per heavy atom. The number of nitrogens with two attached hydrogens (primary N) is 1. The van der Waals surface area contributed by atoms with Gasteiger partial charge in [0.1, 0.15) is 12.1 Å². The lowest BCUT2D eigenvalue weighted by Crippen LogP contribution is -2.56. The Morgan fingerprint density at radius 2 is 0.956 bits per heavy atom. The Balaban J connectivity index is 1.44. The molecule has 0 aliphatic carbocycles. The average Bonchev–Trinajstić information content (AvgIpc) is 3.08. The van der Waals surface area contributed by atoms with Crippen molar-refractivity contribution in [2.75, 3.05) is 0 Å². The van der Waals surface area contributed by atoms with Gasteiger partial charge >= 0.3 is 0 Å². The molecule has 45 heavy (non-hydrogen) atoms. The van der Waals surface area contributed by atoms with Crippen molar-refractivity contribution in [1.29, 1.82) is 0 Å². The summed E-state index contributed by atoms with van der Waals surface area (Å²) in [5.41, 5.74) is 11.6. The molecule has 5 N–H and O–H groups in total. The second-order valence-corrected chi connectivity index (χ2v) is 11.5. The van der Waals surface area contributed by atoms with Crippen molar-refractivity contribution in [1.82, 2.24) is 16.0 Å². The van der Waals surface area contributed by atoms with E-state index in [2.05, 4.69) is 16.0 Å². The van der Waals surface area contributed by atoms with Crippen LogP contribution in [0.15, 0.2) is 115 Å². The van der Waals surface area contributed by atoms with Crippen molar-refractivity contribution in [2.45, 2.75) is 70.1 Å². The summed E-state index contributed by atoms with van der Waals surface area (Å²) in [4.78, 5) is 40.5. The predicted octanol–water partition coefficient (Wildman–Crippen LogP) is 4.81. The lowest BCUT2D eigenvalue weighted by molar-refractivity contribution is -0.132. The van der Waals surface area contributed by atoms with Gasteiger partial charge in [-0.15, -0.1) is 0 Å². The monoisotopic (exact) mass is 604 g/mol. The van der Waals surface area contributed by atoms with Gasteiger partial charge in [0.2, 0.25) is 17.7 Å². The molecule has 0 aromatic heterocycles. The summed E-state index contributed by atoms with van der Waals surface area (Å²) >= 11 is 0. The van der Waals surface area contributed by atoms with E-state index in [9.17, 15) is 14.4 Å². The van der Waals surface area contributed by atoms with E-state index in [1.807, 2.05) is 122 Å². The summed E-state index contributed by atoms with van der Waals surface area (Å²) in [5.74, 6) is -1.06. The highest BCUT2D eigenvalue weighted by Crippen LogP contribution is 2.11. The lowest BCUT2D eigenvalue weighted by atomic mass is 10.0. The molecule has 0 aliphatic heterocycles. The number of amides is 3. The van der Waals surface area contributed by atoms with Crippen LogP contribution in [-0.2, 0) is 40.2 Å². The Labute approximate surface area is 266 Å². The fraction of sp³-hybridized carbons (Fsp3) is 0.289. The zero-order chi connectivity index (χ0) is 31.9. The molecule has 0 bridgehead atoms. The van der Waals surface area contributed by atoms with Gasteiger partial charge in [-0.1, -0.05) is 121 Å². The minimum atomic E-state index is -0.857. The van der Waals surface area contributed by atoms with Crippen LogP contribution in [0.4, 0.5) is 0 Å². The van der Waals surface area contributed by atoms with E-state index < -0.39 is 24.0 Å². The molecule has 0 unspecified atom stereocenters. The number of rotatable bonds is 16. The number of aryl methyl sites for hydroxylation is 4. The first-order chi connectivity index (χ1) is 21.9. The van der Waals surface area contributed by atoms with Crippen LogP contribution < -0.4 is 21.7 Å². The molecule has 7 nitrogen and oxygen atoms in total. The van der Waals surface area contributed by atoms with Crippen LogP contribution in [-0.4, -0.2) is 35.8 Å². The number of benzene rings is 4. The van der Waals surface area contributed by atoms with E-state index in [0.29, 0.717) is 45.1 Å². The van der Waals surface area contributed by atoms with E-state index >= 15 is 0 Å². The summed E-state index contributed by atoms with van der Waals surface area (Å²) in [7, 11) is 0. The molecule has 0 fully saturated rings. The average molecular weight is 605 g/mol. The summed E-state index contributed by atoms with van der Waals surface area (Å²) in [6.45, 7) is 2.36. The molecule has 0 saturated heterocycles. The van der Waals surface area contributed by atoms with Gasteiger partial charge in [-0.3, -0.25) is 14.4 Å². The number of nitrogens with one attached hydrogen (secondary N) is 3. The van der Waals surface area contributed by atoms with Crippen LogP contribution in [0.5, 0.6) is 0 Å². The molecule has 0 saturated carbocycles. The number of hydrogen-bond donors (Lipinski definition) is 4. The molecular formula is C38H44N4O3. The van der Waals surface area contributed by atoms with Crippen molar-refractivity contribution < 1.29 is 14.4 Å². The highest BCUT2D eigenvalue weighted by molar-refractivity contribution is 5.93. The van der Waals surface area contributed by atoms with Gasteiger partial charge < -0.3 is 21.7 Å². The molecule has 0 aliphatic rings. The van der Waals surface area contributed by atoms with E-state index in [1.54, 1.807) is 0 Å². The second-order valence-electron chi connectivity index (χ2n) is 11.5. The minimum absolute atomic E-state index is 0.271. The Hall–Kier alpha value is -4.75.